The summed E-state index contributed by atoms with van der Waals surface area (Å²) >= 11 is 6.04. The maximum atomic E-state index is 13.2. The third-order valence-electron chi connectivity index (χ3n) is 4.38. The fourth-order valence-electron chi connectivity index (χ4n) is 3.01. The molecule has 0 saturated heterocycles. The van der Waals surface area contributed by atoms with E-state index in [4.69, 9.17) is 11.6 Å². The lowest BCUT2D eigenvalue weighted by molar-refractivity contribution is -0.123. The highest BCUT2D eigenvalue weighted by atomic mass is 35.5. The van der Waals surface area contributed by atoms with E-state index in [9.17, 15) is 14.4 Å². The van der Waals surface area contributed by atoms with Crippen molar-refractivity contribution < 1.29 is 4.79 Å². The summed E-state index contributed by atoms with van der Waals surface area (Å²) in [5, 5.41) is 3.56. The second-order valence-corrected chi connectivity index (χ2v) is 6.69. The minimum atomic E-state index is -0.778. The third-order valence-corrected chi connectivity index (χ3v) is 4.61. The number of amides is 1. The summed E-state index contributed by atoms with van der Waals surface area (Å²) < 4.78 is 2.40. The Kier molecular flexibility index (Phi) is 5.46. The first-order chi connectivity index (χ1) is 13.0. The summed E-state index contributed by atoms with van der Waals surface area (Å²) in [5.41, 5.74) is -0.251. The van der Waals surface area contributed by atoms with Crippen LogP contribution in [-0.2, 0) is 4.79 Å². The van der Waals surface area contributed by atoms with E-state index in [1.807, 2.05) is 6.92 Å². The summed E-state index contributed by atoms with van der Waals surface area (Å²) in [4.78, 5) is 38.7. The second-order valence-electron chi connectivity index (χ2n) is 6.26. The van der Waals surface area contributed by atoms with Gasteiger partial charge in [0.1, 0.15) is 6.04 Å². The molecule has 0 aliphatic heterocycles. The Morgan fingerprint density at radius 1 is 1.15 bits per heavy atom. The largest absolute Gasteiger partial charge is 0.354 e. The van der Waals surface area contributed by atoms with Gasteiger partial charge < -0.3 is 5.32 Å². The van der Waals surface area contributed by atoms with Crippen LogP contribution in [0.4, 0.5) is 0 Å². The molecule has 0 spiro atoms. The van der Waals surface area contributed by atoms with Gasteiger partial charge in [0.2, 0.25) is 5.91 Å². The Bertz CT molecular complexity index is 1120. The Morgan fingerprint density at radius 3 is 2.59 bits per heavy atom. The average molecular weight is 386 g/mol. The quantitative estimate of drug-likeness (QED) is 0.734. The molecule has 3 rings (SSSR count). The van der Waals surface area contributed by atoms with Crippen LogP contribution in [0.25, 0.3) is 16.6 Å². The monoisotopic (exact) mass is 385 g/mol. The first-order valence-electron chi connectivity index (χ1n) is 8.75. The van der Waals surface area contributed by atoms with E-state index >= 15 is 0 Å². The van der Waals surface area contributed by atoms with Crippen molar-refractivity contribution in [3.63, 3.8) is 0 Å². The van der Waals surface area contributed by atoms with Gasteiger partial charge in [-0.15, -0.1) is 0 Å². The number of para-hydroxylation sites is 1. The fraction of sp³-hybridized carbons (Fsp3) is 0.250. The van der Waals surface area contributed by atoms with E-state index in [-0.39, 0.29) is 5.91 Å². The number of rotatable bonds is 5. The topological polar surface area (TPSA) is 73.1 Å². The molecule has 7 heteroatoms. The molecule has 1 N–H and O–H groups in total. The number of aromatic nitrogens is 2. The molecule has 27 heavy (non-hydrogen) atoms. The molecule has 1 heterocycles. The third kappa shape index (κ3) is 3.53. The van der Waals surface area contributed by atoms with Gasteiger partial charge in [-0.3, -0.25) is 14.2 Å². The van der Waals surface area contributed by atoms with Crippen LogP contribution in [0.5, 0.6) is 0 Å². The summed E-state index contributed by atoms with van der Waals surface area (Å²) in [6.45, 7) is 4.11. The van der Waals surface area contributed by atoms with E-state index in [0.717, 1.165) is 11.0 Å². The first-order valence-corrected chi connectivity index (χ1v) is 9.13. The van der Waals surface area contributed by atoms with Gasteiger partial charge in [0.25, 0.3) is 5.56 Å². The zero-order valence-electron chi connectivity index (χ0n) is 15.1. The van der Waals surface area contributed by atoms with Crippen LogP contribution in [-0.4, -0.2) is 21.6 Å². The van der Waals surface area contributed by atoms with Gasteiger partial charge in [0.05, 0.1) is 16.6 Å². The van der Waals surface area contributed by atoms with Crippen LogP contribution in [0.2, 0.25) is 5.02 Å². The molecular weight excluding hydrogens is 366 g/mol. The number of hydrogen-bond acceptors (Lipinski definition) is 3. The SMILES string of the molecule is CCCNC(=O)[C@@H](C)n1c(=O)n(-c2cccc(Cl)c2)c(=O)c2ccccc21. The summed E-state index contributed by atoms with van der Waals surface area (Å²) in [7, 11) is 0. The van der Waals surface area contributed by atoms with Crippen molar-refractivity contribution in [1.29, 1.82) is 0 Å². The van der Waals surface area contributed by atoms with Crippen molar-refractivity contribution in [3.8, 4) is 5.69 Å². The fourth-order valence-corrected chi connectivity index (χ4v) is 3.20. The molecular formula is C20H20ClN3O3. The minimum absolute atomic E-state index is 0.277. The number of halogens is 1. The lowest BCUT2D eigenvalue weighted by atomic mass is 10.2. The molecule has 0 saturated carbocycles. The molecule has 6 nitrogen and oxygen atoms in total. The van der Waals surface area contributed by atoms with Crippen molar-refractivity contribution in [3.05, 3.63) is 74.4 Å². The van der Waals surface area contributed by atoms with Crippen molar-refractivity contribution >= 4 is 28.4 Å². The lowest BCUT2D eigenvalue weighted by Crippen LogP contribution is -2.43. The number of nitrogens with one attached hydrogen (secondary N) is 1. The van der Waals surface area contributed by atoms with Gasteiger partial charge in [-0.1, -0.05) is 36.7 Å². The molecule has 1 atom stereocenters. The van der Waals surface area contributed by atoms with E-state index < -0.39 is 17.3 Å². The van der Waals surface area contributed by atoms with E-state index in [0.29, 0.717) is 28.2 Å². The van der Waals surface area contributed by atoms with Gasteiger partial charge in [-0.05, 0) is 43.7 Å². The van der Waals surface area contributed by atoms with Crippen LogP contribution in [0, 0.1) is 0 Å². The van der Waals surface area contributed by atoms with E-state index in [1.165, 1.54) is 4.57 Å². The van der Waals surface area contributed by atoms with Crippen LogP contribution in [0.3, 0.4) is 0 Å². The smallest absolute Gasteiger partial charge is 0.336 e. The normalized spacial score (nSPS) is 12.1. The number of benzene rings is 2. The Labute approximate surface area is 161 Å². The standard InChI is InChI=1S/C20H20ClN3O3/c1-3-11-22-18(25)13(2)23-17-10-5-4-9-16(17)19(26)24(20(23)27)15-8-6-7-14(21)12-15/h4-10,12-13H,3,11H2,1-2H3,(H,22,25)/t13-/m1/s1. The number of carbonyl (C=O) groups is 1. The molecule has 140 valence electrons. The van der Waals surface area contributed by atoms with Gasteiger partial charge in [-0.2, -0.15) is 0 Å². The van der Waals surface area contributed by atoms with Gasteiger partial charge >= 0.3 is 5.69 Å². The Balaban J connectivity index is 2.32. The molecule has 3 aromatic rings. The number of fused-ring (bicyclic) bond motifs is 1. The second kappa shape index (κ2) is 7.80. The van der Waals surface area contributed by atoms with Crippen molar-refractivity contribution in [2.45, 2.75) is 26.3 Å². The predicted molar refractivity (Wildman–Crippen MR) is 107 cm³/mol. The van der Waals surface area contributed by atoms with Gasteiger partial charge in [0, 0.05) is 11.6 Å². The van der Waals surface area contributed by atoms with Crippen LogP contribution < -0.4 is 16.6 Å². The number of nitrogens with zero attached hydrogens (tertiary/aromatic N) is 2. The minimum Gasteiger partial charge on any atom is -0.354 e. The van der Waals surface area contributed by atoms with Crippen LogP contribution in [0.15, 0.2) is 58.1 Å². The molecule has 1 aromatic heterocycles. The maximum Gasteiger partial charge on any atom is 0.336 e. The highest BCUT2D eigenvalue weighted by molar-refractivity contribution is 6.30. The van der Waals surface area contributed by atoms with Gasteiger partial charge in [-0.25, -0.2) is 9.36 Å². The molecule has 0 unspecified atom stereocenters. The molecule has 0 radical (unpaired) electrons. The van der Waals surface area contributed by atoms with Crippen LogP contribution in [0.1, 0.15) is 26.3 Å². The van der Waals surface area contributed by atoms with Crippen molar-refractivity contribution in [2.24, 2.45) is 0 Å². The number of carbonyl (C=O) groups excluding carboxylic acids is 1. The molecule has 1 amide bonds. The highest BCUT2D eigenvalue weighted by Gasteiger charge is 2.22. The molecule has 2 aromatic carbocycles. The van der Waals surface area contributed by atoms with E-state index in [2.05, 4.69) is 5.32 Å². The van der Waals surface area contributed by atoms with Crippen molar-refractivity contribution in [2.75, 3.05) is 6.54 Å². The average Bonchev–Trinajstić information content (AvgIpc) is 2.66. The maximum absolute atomic E-state index is 13.2. The summed E-state index contributed by atoms with van der Waals surface area (Å²) in [5.74, 6) is -0.277. The molecule has 0 aliphatic rings. The number of hydrogen-bond donors (Lipinski definition) is 1. The van der Waals surface area contributed by atoms with Crippen molar-refractivity contribution in [1.82, 2.24) is 14.5 Å². The Hall–Kier alpha value is -2.86. The van der Waals surface area contributed by atoms with Crippen LogP contribution >= 0.6 is 11.6 Å². The predicted octanol–water partition coefficient (Wildman–Crippen LogP) is 2.89. The lowest BCUT2D eigenvalue weighted by Gasteiger charge is -2.19. The summed E-state index contributed by atoms with van der Waals surface area (Å²) in [6.07, 6.45) is 0.788. The molecule has 0 fully saturated rings. The zero-order valence-corrected chi connectivity index (χ0v) is 15.9. The zero-order chi connectivity index (χ0) is 19.6. The molecule has 0 bridgehead atoms. The first kappa shape index (κ1) is 18.9. The Morgan fingerprint density at radius 2 is 1.89 bits per heavy atom. The summed E-state index contributed by atoms with van der Waals surface area (Å²) in [6, 6.07) is 12.5. The highest BCUT2D eigenvalue weighted by Crippen LogP contribution is 2.16. The van der Waals surface area contributed by atoms with E-state index in [1.54, 1.807) is 55.5 Å². The van der Waals surface area contributed by atoms with Gasteiger partial charge in [0.15, 0.2) is 0 Å². The molecule has 0 aliphatic carbocycles.